The Morgan fingerprint density at radius 1 is 1.15 bits per heavy atom. The second-order valence-corrected chi connectivity index (χ2v) is 5.33. The number of likely N-dealkylation sites (N-methyl/N-ethyl adjacent to an activating group) is 1. The van der Waals surface area contributed by atoms with E-state index in [2.05, 4.69) is 38.7 Å². The molecule has 3 heteroatoms. The lowest BCUT2D eigenvalue weighted by Gasteiger charge is -2.44. The molecule has 1 aromatic carbocycles. The van der Waals surface area contributed by atoms with Gasteiger partial charge in [0.05, 0.1) is 12.6 Å². The molecule has 0 fully saturated rings. The summed E-state index contributed by atoms with van der Waals surface area (Å²) in [7, 11) is 0. The van der Waals surface area contributed by atoms with Gasteiger partial charge in [0.15, 0.2) is 0 Å². The van der Waals surface area contributed by atoms with E-state index in [1.54, 1.807) is 0 Å². The number of para-hydroxylation sites is 1. The summed E-state index contributed by atoms with van der Waals surface area (Å²) in [4.78, 5) is 2.44. The van der Waals surface area contributed by atoms with Gasteiger partial charge >= 0.3 is 0 Å². The van der Waals surface area contributed by atoms with Crippen LogP contribution in [0.4, 0.5) is 0 Å². The molecule has 20 heavy (non-hydrogen) atoms. The maximum Gasteiger partial charge on any atom is 0.124 e. The Hall–Kier alpha value is -1.06. The third-order valence-electron chi connectivity index (χ3n) is 4.43. The minimum absolute atomic E-state index is 0.0588. The van der Waals surface area contributed by atoms with Gasteiger partial charge in [0.1, 0.15) is 5.75 Å². The molecule has 0 aliphatic heterocycles. The van der Waals surface area contributed by atoms with Crippen molar-refractivity contribution in [3.63, 3.8) is 0 Å². The maximum absolute atomic E-state index is 6.65. The van der Waals surface area contributed by atoms with E-state index >= 15 is 0 Å². The summed E-state index contributed by atoms with van der Waals surface area (Å²) in [6, 6.07) is 8.08. The third-order valence-corrected chi connectivity index (χ3v) is 4.43. The van der Waals surface area contributed by atoms with Gasteiger partial charge in [0.25, 0.3) is 0 Å². The van der Waals surface area contributed by atoms with Crippen molar-refractivity contribution in [2.75, 3.05) is 19.7 Å². The fourth-order valence-electron chi connectivity index (χ4n) is 2.95. The first-order valence-electron chi connectivity index (χ1n) is 7.77. The van der Waals surface area contributed by atoms with Gasteiger partial charge in [-0.25, -0.2) is 0 Å². The van der Waals surface area contributed by atoms with Crippen molar-refractivity contribution < 1.29 is 4.74 Å². The summed E-state index contributed by atoms with van der Waals surface area (Å²) in [5.41, 5.74) is 7.69. The maximum atomic E-state index is 6.65. The van der Waals surface area contributed by atoms with Crippen LogP contribution < -0.4 is 10.5 Å². The number of benzene rings is 1. The second kappa shape index (κ2) is 7.65. The summed E-state index contributed by atoms with van der Waals surface area (Å²) in [5.74, 6) is 0.911. The molecule has 2 N–H and O–H groups in total. The van der Waals surface area contributed by atoms with Crippen molar-refractivity contribution in [1.29, 1.82) is 0 Å². The molecule has 0 saturated carbocycles. The van der Waals surface area contributed by atoms with Gasteiger partial charge in [-0.3, -0.25) is 4.90 Å². The second-order valence-electron chi connectivity index (χ2n) is 5.33. The van der Waals surface area contributed by atoms with Gasteiger partial charge in [0, 0.05) is 11.1 Å². The molecule has 1 aromatic rings. The van der Waals surface area contributed by atoms with E-state index in [4.69, 9.17) is 10.5 Å². The number of nitrogens with zero attached hydrogens (tertiary/aromatic N) is 1. The Labute approximate surface area is 124 Å². The molecule has 2 unspecified atom stereocenters. The predicted molar refractivity (Wildman–Crippen MR) is 86.2 cm³/mol. The summed E-state index contributed by atoms with van der Waals surface area (Å²) < 4.78 is 5.75. The van der Waals surface area contributed by atoms with Gasteiger partial charge in [-0.1, -0.05) is 39.0 Å². The monoisotopic (exact) mass is 278 g/mol. The first-order valence-corrected chi connectivity index (χ1v) is 7.77. The Morgan fingerprint density at radius 2 is 1.75 bits per heavy atom. The van der Waals surface area contributed by atoms with Crippen LogP contribution in [0, 0.1) is 0 Å². The van der Waals surface area contributed by atoms with Gasteiger partial charge in [-0.2, -0.15) is 0 Å². The molecule has 3 nitrogen and oxygen atoms in total. The van der Waals surface area contributed by atoms with E-state index < -0.39 is 0 Å². The molecule has 0 aromatic heterocycles. The lowest BCUT2D eigenvalue weighted by molar-refractivity contribution is 0.0833. The van der Waals surface area contributed by atoms with Gasteiger partial charge in [0.2, 0.25) is 0 Å². The zero-order valence-electron chi connectivity index (χ0n) is 13.6. The highest BCUT2D eigenvalue weighted by molar-refractivity contribution is 5.37. The number of nitrogens with two attached hydrogens (primary N) is 1. The summed E-state index contributed by atoms with van der Waals surface area (Å²) in [5, 5.41) is 0. The highest BCUT2D eigenvalue weighted by Crippen LogP contribution is 2.36. The molecule has 0 amide bonds. The van der Waals surface area contributed by atoms with Crippen LogP contribution in [0.2, 0.25) is 0 Å². The number of hydrogen-bond donors (Lipinski definition) is 1. The van der Waals surface area contributed by atoms with E-state index in [9.17, 15) is 0 Å². The van der Waals surface area contributed by atoms with Gasteiger partial charge in [-0.15, -0.1) is 0 Å². The molecule has 2 atom stereocenters. The minimum atomic E-state index is -0.0600. The van der Waals surface area contributed by atoms with Crippen LogP contribution in [0.3, 0.4) is 0 Å². The average molecular weight is 278 g/mol. The van der Waals surface area contributed by atoms with Crippen molar-refractivity contribution in [3.05, 3.63) is 29.8 Å². The minimum Gasteiger partial charge on any atom is -0.494 e. The quantitative estimate of drug-likeness (QED) is 0.789. The van der Waals surface area contributed by atoms with Crippen LogP contribution in [0.5, 0.6) is 5.75 Å². The summed E-state index contributed by atoms with van der Waals surface area (Å²) in [6.07, 6.45) is 1.01. The number of ether oxygens (including phenoxy) is 1. The van der Waals surface area contributed by atoms with E-state index in [1.165, 1.54) is 0 Å². The zero-order valence-corrected chi connectivity index (χ0v) is 13.6. The molecule has 0 bridgehead atoms. The van der Waals surface area contributed by atoms with Gasteiger partial charge in [-0.05, 0) is 39.4 Å². The highest BCUT2D eigenvalue weighted by Gasteiger charge is 2.36. The van der Waals surface area contributed by atoms with Crippen molar-refractivity contribution in [1.82, 2.24) is 4.90 Å². The molecule has 0 aliphatic rings. The van der Waals surface area contributed by atoms with Crippen LogP contribution in [0.25, 0.3) is 0 Å². The molecule has 114 valence electrons. The van der Waals surface area contributed by atoms with Crippen LogP contribution >= 0.6 is 0 Å². The average Bonchev–Trinajstić information content (AvgIpc) is 2.48. The number of hydrogen-bond acceptors (Lipinski definition) is 3. The van der Waals surface area contributed by atoms with Gasteiger partial charge < -0.3 is 10.5 Å². The molecule has 0 aliphatic carbocycles. The van der Waals surface area contributed by atoms with E-state index in [0.717, 1.165) is 30.8 Å². The molecule has 1 rings (SSSR count). The third kappa shape index (κ3) is 3.33. The van der Waals surface area contributed by atoms with E-state index in [0.29, 0.717) is 6.61 Å². The molecule has 0 spiro atoms. The molecule has 0 heterocycles. The Morgan fingerprint density at radius 3 is 2.25 bits per heavy atom. The Balaban J connectivity index is 3.16. The van der Waals surface area contributed by atoms with Crippen LogP contribution in [-0.4, -0.2) is 30.1 Å². The largest absolute Gasteiger partial charge is 0.494 e. The predicted octanol–water partition coefficient (Wildman–Crippen LogP) is 3.60. The smallest absolute Gasteiger partial charge is 0.124 e. The van der Waals surface area contributed by atoms with Crippen molar-refractivity contribution >= 4 is 0 Å². The first-order chi connectivity index (χ1) is 9.54. The fraction of sp³-hybridized carbons (Fsp3) is 0.647. The normalized spacial score (nSPS) is 15.9. The SMILES string of the molecule is CCOc1ccccc1C(N)C(C)(CC)N(CC)CC. The molecular formula is C17H30N2O. The van der Waals surface area contributed by atoms with Crippen LogP contribution in [0.1, 0.15) is 52.6 Å². The molecule has 0 saturated heterocycles. The van der Waals surface area contributed by atoms with Crippen LogP contribution in [0.15, 0.2) is 24.3 Å². The van der Waals surface area contributed by atoms with E-state index in [1.807, 2.05) is 25.1 Å². The molecular weight excluding hydrogens is 248 g/mol. The van der Waals surface area contributed by atoms with Crippen molar-refractivity contribution in [2.24, 2.45) is 5.73 Å². The summed E-state index contributed by atoms with van der Waals surface area (Å²) in [6.45, 7) is 13.5. The van der Waals surface area contributed by atoms with Crippen molar-refractivity contribution in [2.45, 2.75) is 52.6 Å². The number of rotatable bonds is 8. The van der Waals surface area contributed by atoms with Crippen molar-refractivity contribution in [3.8, 4) is 5.75 Å². The fourth-order valence-corrected chi connectivity index (χ4v) is 2.95. The first kappa shape index (κ1) is 17.0. The Bertz CT molecular complexity index is 404. The highest BCUT2D eigenvalue weighted by atomic mass is 16.5. The molecule has 0 radical (unpaired) electrons. The summed E-state index contributed by atoms with van der Waals surface area (Å²) >= 11 is 0. The van der Waals surface area contributed by atoms with E-state index in [-0.39, 0.29) is 11.6 Å². The lowest BCUT2D eigenvalue weighted by atomic mass is 9.83. The van der Waals surface area contributed by atoms with Crippen LogP contribution in [-0.2, 0) is 0 Å². The zero-order chi connectivity index (χ0) is 15.2. The Kier molecular flexibility index (Phi) is 6.50. The standard InChI is InChI=1S/C17H30N2O/c1-6-17(5,19(7-2)8-3)16(18)14-12-10-11-13-15(14)20-9-4/h10-13,16H,6-9,18H2,1-5H3. The topological polar surface area (TPSA) is 38.5 Å². The lowest BCUT2D eigenvalue weighted by Crippen LogP contribution is -2.53.